The van der Waals surface area contributed by atoms with Gasteiger partial charge in [-0.25, -0.2) is 8.78 Å². The molecule has 0 aliphatic carbocycles. The highest BCUT2D eigenvalue weighted by molar-refractivity contribution is 9.10. The lowest BCUT2D eigenvalue weighted by Gasteiger charge is -2.11. The predicted molar refractivity (Wildman–Crippen MR) is 79.8 cm³/mol. The van der Waals surface area contributed by atoms with Crippen LogP contribution >= 0.6 is 27.5 Å². The maximum Gasteiger partial charge on any atom is 0.159 e. The summed E-state index contributed by atoms with van der Waals surface area (Å²) in [5, 5.41) is 0.207. The van der Waals surface area contributed by atoms with Crippen LogP contribution in [0.4, 0.5) is 8.78 Å². The standard InChI is InChI=1S/C15H10BrClF2O2/c1-8(20)9-2-5-14(12(17)6-9)21-7-10-13(18)4-3-11(16)15(10)19/h2-6H,7H2,1H3. The minimum atomic E-state index is -0.716. The molecule has 0 aliphatic rings. The van der Waals surface area contributed by atoms with Crippen LogP contribution in [0.2, 0.25) is 5.02 Å². The molecule has 0 unspecified atom stereocenters. The van der Waals surface area contributed by atoms with E-state index in [0.29, 0.717) is 5.56 Å². The molecule has 2 nitrogen and oxygen atoms in total. The van der Waals surface area contributed by atoms with Crippen LogP contribution in [0.3, 0.4) is 0 Å². The van der Waals surface area contributed by atoms with E-state index in [1.165, 1.54) is 31.2 Å². The van der Waals surface area contributed by atoms with Crippen LogP contribution in [-0.4, -0.2) is 5.78 Å². The molecule has 110 valence electrons. The van der Waals surface area contributed by atoms with Crippen LogP contribution in [0.1, 0.15) is 22.8 Å². The molecule has 0 heterocycles. The fourth-order valence-electron chi connectivity index (χ4n) is 1.69. The first kappa shape index (κ1) is 15.9. The van der Waals surface area contributed by atoms with Gasteiger partial charge < -0.3 is 4.74 Å². The van der Waals surface area contributed by atoms with Crippen molar-refractivity contribution in [2.75, 3.05) is 0 Å². The van der Waals surface area contributed by atoms with Crippen molar-refractivity contribution < 1.29 is 18.3 Å². The summed E-state index contributed by atoms with van der Waals surface area (Å²) in [6, 6.07) is 6.91. The third kappa shape index (κ3) is 3.60. The molecule has 0 aromatic heterocycles. The summed E-state index contributed by atoms with van der Waals surface area (Å²) < 4.78 is 32.9. The molecule has 0 saturated carbocycles. The molecule has 0 spiro atoms. The van der Waals surface area contributed by atoms with Crippen molar-refractivity contribution in [3.63, 3.8) is 0 Å². The van der Waals surface area contributed by atoms with Gasteiger partial charge in [0.05, 0.1) is 15.1 Å². The summed E-state index contributed by atoms with van der Waals surface area (Å²) in [5.41, 5.74) is 0.239. The van der Waals surface area contributed by atoms with E-state index >= 15 is 0 Å². The van der Waals surface area contributed by atoms with E-state index in [4.69, 9.17) is 16.3 Å². The lowest BCUT2D eigenvalue weighted by Crippen LogP contribution is -2.03. The van der Waals surface area contributed by atoms with Crippen molar-refractivity contribution >= 4 is 33.3 Å². The van der Waals surface area contributed by atoms with Gasteiger partial charge in [-0.3, -0.25) is 4.79 Å². The summed E-state index contributed by atoms with van der Waals surface area (Å²) in [6.07, 6.45) is 0. The largest absolute Gasteiger partial charge is 0.487 e. The minimum absolute atomic E-state index is 0.132. The fraction of sp³-hybridized carbons (Fsp3) is 0.133. The van der Waals surface area contributed by atoms with E-state index in [-0.39, 0.29) is 33.2 Å². The van der Waals surface area contributed by atoms with E-state index in [9.17, 15) is 13.6 Å². The van der Waals surface area contributed by atoms with Crippen LogP contribution in [0, 0.1) is 11.6 Å². The van der Waals surface area contributed by atoms with Gasteiger partial charge in [-0.2, -0.15) is 0 Å². The van der Waals surface area contributed by atoms with E-state index < -0.39 is 11.6 Å². The van der Waals surface area contributed by atoms with Crippen LogP contribution in [-0.2, 0) is 6.61 Å². The van der Waals surface area contributed by atoms with Crippen molar-refractivity contribution in [3.8, 4) is 5.75 Å². The number of ketones is 1. The average Bonchev–Trinajstić information content (AvgIpc) is 2.44. The van der Waals surface area contributed by atoms with Crippen LogP contribution < -0.4 is 4.74 Å². The predicted octanol–water partition coefficient (Wildman–Crippen LogP) is 5.16. The zero-order chi connectivity index (χ0) is 15.6. The van der Waals surface area contributed by atoms with E-state index in [1.807, 2.05) is 0 Å². The molecule has 21 heavy (non-hydrogen) atoms. The highest BCUT2D eigenvalue weighted by Crippen LogP contribution is 2.28. The Bertz CT molecular complexity index is 704. The number of rotatable bonds is 4. The number of benzene rings is 2. The quantitative estimate of drug-likeness (QED) is 0.545. The van der Waals surface area contributed by atoms with E-state index in [2.05, 4.69) is 15.9 Å². The molecule has 0 amide bonds. The highest BCUT2D eigenvalue weighted by Gasteiger charge is 2.14. The van der Waals surface area contributed by atoms with Crippen molar-refractivity contribution in [3.05, 3.63) is 62.6 Å². The first-order valence-electron chi connectivity index (χ1n) is 5.96. The topological polar surface area (TPSA) is 26.3 Å². The summed E-state index contributed by atoms with van der Waals surface area (Å²) in [4.78, 5) is 11.2. The Morgan fingerprint density at radius 2 is 2.00 bits per heavy atom. The molecular formula is C15H10BrClF2O2. The zero-order valence-corrected chi connectivity index (χ0v) is 13.3. The third-order valence-electron chi connectivity index (χ3n) is 2.85. The summed E-state index contributed by atoms with van der Waals surface area (Å²) in [5.74, 6) is -1.30. The molecule has 0 saturated heterocycles. The molecule has 6 heteroatoms. The monoisotopic (exact) mass is 374 g/mol. The molecule has 0 N–H and O–H groups in total. The smallest absolute Gasteiger partial charge is 0.159 e. The lowest BCUT2D eigenvalue weighted by molar-refractivity contribution is 0.101. The average molecular weight is 376 g/mol. The van der Waals surface area contributed by atoms with Gasteiger partial charge in [0, 0.05) is 5.56 Å². The van der Waals surface area contributed by atoms with Gasteiger partial charge in [-0.15, -0.1) is 0 Å². The Balaban J connectivity index is 2.21. The molecule has 2 aromatic rings. The van der Waals surface area contributed by atoms with E-state index in [1.54, 1.807) is 0 Å². The summed E-state index contributed by atoms with van der Waals surface area (Å²) >= 11 is 8.96. The van der Waals surface area contributed by atoms with Gasteiger partial charge in [0.15, 0.2) is 5.78 Å². The van der Waals surface area contributed by atoms with Crippen LogP contribution in [0.5, 0.6) is 5.75 Å². The Morgan fingerprint density at radius 3 is 2.62 bits per heavy atom. The molecule has 2 rings (SSSR count). The van der Waals surface area contributed by atoms with Crippen molar-refractivity contribution in [1.29, 1.82) is 0 Å². The second kappa shape index (κ2) is 6.54. The Kier molecular flexibility index (Phi) is 4.96. The van der Waals surface area contributed by atoms with Gasteiger partial charge in [-0.1, -0.05) is 11.6 Å². The maximum absolute atomic E-state index is 13.8. The SMILES string of the molecule is CC(=O)c1ccc(OCc2c(F)ccc(Br)c2F)c(Cl)c1. The Labute approximate surface area is 133 Å². The van der Waals surface area contributed by atoms with Gasteiger partial charge in [0.1, 0.15) is 24.0 Å². The number of hydrogen-bond donors (Lipinski definition) is 0. The Hall–Kier alpha value is -1.46. The normalized spacial score (nSPS) is 10.5. The number of halogens is 4. The first-order chi connectivity index (χ1) is 9.90. The molecule has 0 aliphatic heterocycles. The second-order valence-electron chi connectivity index (χ2n) is 4.31. The Morgan fingerprint density at radius 1 is 1.29 bits per heavy atom. The van der Waals surface area contributed by atoms with Gasteiger partial charge in [-0.05, 0) is 53.2 Å². The summed E-state index contributed by atoms with van der Waals surface area (Å²) in [6.45, 7) is 1.11. The van der Waals surface area contributed by atoms with Crippen molar-refractivity contribution in [2.45, 2.75) is 13.5 Å². The van der Waals surface area contributed by atoms with Crippen molar-refractivity contribution in [1.82, 2.24) is 0 Å². The number of carbonyl (C=O) groups excluding carboxylic acids is 1. The maximum atomic E-state index is 13.8. The van der Waals surface area contributed by atoms with Crippen LogP contribution in [0.25, 0.3) is 0 Å². The first-order valence-corrected chi connectivity index (χ1v) is 7.13. The van der Waals surface area contributed by atoms with Gasteiger partial charge in [0.2, 0.25) is 0 Å². The number of carbonyl (C=O) groups is 1. The van der Waals surface area contributed by atoms with Crippen molar-refractivity contribution in [2.24, 2.45) is 0 Å². The highest BCUT2D eigenvalue weighted by atomic mass is 79.9. The molecule has 0 bridgehead atoms. The third-order valence-corrected chi connectivity index (χ3v) is 3.76. The number of Topliss-reactive ketones (excluding diaryl/α,β-unsaturated/α-hetero) is 1. The number of hydrogen-bond acceptors (Lipinski definition) is 2. The molecule has 2 aromatic carbocycles. The lowest BCUT2D eigenvalue weighted by atomic mass is 10.1. The second-order valence-corrected chi connectivity index (χ2v) is 5.57. The fourth-order valence-corrected chi connectivity index (χ4v) is 2.29. The van der Waals surface area contributed by atoms with Crippen LogP contribution in [0.15, 0.2) is 34.8 Å². The molecule has 0 fully saturated rings. The number of ether oxygens (including phenoxy) is 1. The zero-order valence-electron chi connectivity index (χ0n) is 10.9. The molecule has 0 radical (unpaired) electrons. The van der Waals surface area contributed by atoms with E-state index in [0.717, 1.165) is 6.07 Å². The molecular weight excluding hydrogens is 366 g/mol. The summed E-state index contributed by atoms with van der Waals surface area (Å²) in [7, 11) is 0. The van der Waals surface area contributed by atoms with Gasteiger partial charge >= 0.3 is 0 Å². The van der Waals surface area contributed by atoms with Gasteiger partial charge in [0.25, 0.3) is 0 Å². The molecule has 0 atom stereocenters. The minimum Gasteiger partial charge on any atom is -0.487 e.